The first-order valence-electron chi connectivity index (χ1n) is 5.13. The van der Waals surface area contributed by atoms with Crippen LogP contribution in [-0.2, 0) is 0 Å². The van der Waals surface area contributed by atoms with Crippen LogP contribution in [0.25, 0.3) is 0 Å². The van der Waals surface area contributed by atoms with Crippen LogP contribution in [0.4, 0.5) is 0 Å². The van der Waals surface area contributed by atoms with E-state index in [0.29, 0.717) is 18.7 Å². The number of hydrogen-bond acceptors (Lipinski definition) is 4. The Kier molecular flexibility index (Phi) is 5.28. The van der Waals surface area contributed by atoms with Gasteiger partial charge in [-0.15, -0.1) is 11.8 Å². The van der Waals surface area contributed by atoms with E-state index in [1.54, 1.807) is 23.2 Å². The van der Waals surface area contributed by atoms with Gasteiger partial charge >= 0.3 is 0 Å². The number of aromatic nitrogens is 1. The molecule has 1 aromatic heterocycles. The Hall–Kier alpha value is -1.07. The second-order valence-corrected chi connectivity index (χ2v) is 4.02. The zero-order chi connectivity index (χ0) is 12.0. The summed E-state index contributed by atoms with van der Waals surface area (Å²) in [4.78, 5) is 17.7. The second kappa shape index (κ2) is 6.50. The predicted molar refractivity (Wildman–Crippen MR) is 64.7 cm³/mol. The van der Waals surface area contributed by atoms with Gasteiger partial charge in [0.15, 0.2) is 0 Å². The molecule has 0 atom stereocenters. The molecule has 0 bridgehead atoms. The minimum atomic E-state index is -0.0609. The van der Waals surface area contributed by atoms with Gasteiger partial charge < -0.3 is 10.0 Å². The maximum Gasteiger partial charge on any atom is 0.254 e. The summed E-state index contributed by atoms with van der Waals surface area (Å²) in [6.45, 7) is 2.84. The van der Waals surface area contributed by atoms with Crippen molar-refractivity contribution in [2.75, 3.05) is 26.0 Å². The average Bonchev–Trinajstić information content (AvgIpc) is 2.35. The van der Waals surface area contributed by atoms with Crippen LogP contribution in [0.3, 0.4) is 0 Å². The van der Waals surface area contributed by atoms with Crippen molar-refractivity contribution >= 4 is 17.7 Å². The van der Waals surface area contributed by atoms with Crippen LogP contribution in [0.5, 0.6) is 0 Å². The Morgan fingerprint density at radius 1 is 1.62 bits per heavy atom. The lowest BCUT2D eigenvalue weighted by molar-refractivity contribution is 0.0731. The maximum absolute atomic E-state index is 12.0. The number of rotatable bonds is 5. The molecule has 1 amide bonds. The van der Waals surface area contributed by atoms with Crippen LogP contribution in [-0.4, -0.2) is 46.8 Å². The Balaban J connectivity index is 2.85. The van der Waals surface area contributed by atoms with Crippen molar-refractivity contribution < 1.29 is 9.90 Å². The van der Waals surface area contributed by atoms with Crippen LogP contribution < -0.4 is 0 Å². The van der Waals surface area contributed by atoms with Gasteiger partial charge in [-0.1, -0.05) is 0 Å². The van der Waals surface area contributed by atoms with Crippen molar-refractivity contribution in [2.45, 2.75) is 11.9 Å². The van der Waals surface area contributed by atoms with Gasteiger partial charge in [-0.25, -0.2) is 4.98 Å². The van der Waals surface area contributed by atoms with Gasteiger partial charge in [-0.05, 0) is 25.3 Å². The summed E-state index contributed by atoms with van der Waals surface area (Å²) in [6, 6.07) is 3.47. The fourth-order valence-corrected chi connectivity index (χ4v) is 1.77. The number of likely N-dealkylation sites (N-methyl/N-ethyl adjacent to an activating group) is 1. The molecule has 1 aromatic rings. The molecule has 16 heavy (non-hydrogen) atoms. The van der Waals surface area contributed by atoms with Crippen LogP contribution in [0.15, 0.2) is 23.4 Å². The molecule has 0 radical (unpaired) electrons. The summed E-state index contributed by atoms with van der Waals surface area (Å²) < 4.78 is 0. The highest BCUT2D eigenvalue weighted by Crippen LogP contribution is 2.13. The van der Waals surface area contributed by atoms with Gasteiger partial charge in [-0.2, -0.15) is 0 Å². The van der Waals surface area contributed by atoms with Gasteiger partial charge in [0, 0.05) is 24.8 Å². The van der Waals surface area contributed by atoms with Gasteiger partial charge in [0.25, 0.3) is 5.91 Å². The van der Waals surface area contributed by atoms with Crippen LogP contribution in [0, 0.1) is 0 Å². The third kappa shape index (κ3) is 3.21. The average molecular weight is 240 g/mol. The zero-order valence-electron chi connectivity index (χ0n) is 9.51. The van der Waals surface area contributed by atoms with E-state index in [1.165, 1.54) is 11.8 Å². The number of carbonyl (C=O) groups excluding carboxylic acids is 1. The van der Waals surface area contributed by atoms with Crippen LogP contribution in [0.1, 0.15) is 17.3 Å². The Morgan fingerprint density at radius 2 is 2.38 bits per heavy atom. The number of thioether (sulfide) groups is 1. The fraction of sp³-hybridized carbons (Fsp3) is 0.455. The quantitative estimate of drug-likeness (QED) is 0.787. The normalized spacial score (nSPS) is 10.2. The maximum atomic E-state index is 12.0. The SMILES string of the molecule is CCN(CCO)C(=O)c1ccnc(SC)c1. The van der Waals surface area contributed by atoms with Crippen molar-refractivity contribution in [3.63, 3.8) is 0 Å². The van der Waals surface area contributed by atoms with Crippen molar-refractivity contribution in [2.24, 2.45) is 0 Å². The van der Waals surface area contributed by atoms with E-state index in [9.17, 15) is 4.79 Å². The van der Waals surface area contributed by atoms with Crippen molar-refractivity contribution in [1.29, 1.82) is 0 Å². The molecule has 1 N–H and O–H groups in total. The summed E-state index contributed by atoms with van der Waals surface area (Å²) in [6.07, 6.45) is 3.55. The number of hydrogen-bond donors (Lipinski definition) is 1. The first kappa shape index (κ1) is 13.0. The molecule has 4 nitrogen and oxygen atoms in total. The zero-order valence-corrected chi connectivity index (χ0v) is 10.3. The first-order valence-corrected chi connectivity index (χ1v) is 6.35. The second-order valence-electron chi connectivity index (χ2n) is 3.20. The molecule has 0 fully saturated rings. The molecular formula is C11H16N2O2S. The Bertz CT molecular complexity index is 358. The molecule has 0 aliphatic heterocycles. The van der Waals surface area contributed by atoms with E-state index in [-0.39, 0.29) is 12.5 Å². The lowest BCUT2D eigenvalue weighted by atomic mass is 10.2. The highest BCUT2D eigenvalue weighted by Gasteiger charge is 2.13. The Labute approximate surface area is 99.7 Å². The predicted octanol–water partition coefficient (Wildman–Crippen LogP) is 1.26. The number of carbonyl (C=O) groups is 1. The summed E-state index contributed by atoms with van der Waals surface area (Å²) in [5.74, 6) is -0.0609. The van der Waals surface area contributed by atoms with Gasteiger partial charge in [-0.3, -0.25) is 4.79 Å². The number of amides is 1. The van der Waals surface area contributed by atoms with E-state index in [0.717, 1.165) is 5.03 Å². The highest BCUT2D eigenvalue weighted by atomic mass is 32.2. The van der Waals surface area contributed by atoms with E-state index in [2.05, 4.69) is 4.98 Å². The van der Waals surface area contributed by atoms with Gasteiger partial charge in [0.1, 0.15) is 0 Å². The molecule has 1 heterocycles. The molecule has 0 aliphatic carbocycles. The van der Waals surface area contributed by atoms with Crippen LogP contribution in [0.2, 0.25) is 0 Å². The summed E-state index contributed by atoms with van der Waals surface area (Å²) in [5, 5.41) is 9.68. The minimum Gasteiger partial charge on any atom is -0.395 e. The lowest BCUT2D eigenvalue weighted by Gasteiger charge is -2.19. The monoisotopic (exact) mass is 240 g/mol. The van der Waals surface area contributed by atoms with E-state index in [1.807, 2.05) is 13.2 Å². The minimum absolute atomic E-state index is 0.0138. The molecule has 0 saturated carbocycles. The molecule has 0 unspecified atom stereocenters. The van der Waals surface area contributed by atoms with Crippen molar-refractivity contribution in [3.8, 4) is 0 Å². The standard InChI is InChI=1S/C11H16N2O2S/c1-3-13(6-7-14)11(15)9-4-5-12-10(8-9)16-2/h4-5,8,14H,3,6-7H2,1-2H3. The molecular weight excluding hydrogens is 224 g/mol. The lowest BCUT2D eigenvalue weighted by Crippen LogP contribution is -2.33. The molecule has 0 aromatic carbocycles. The van der Waals surface area contributed by atoms with Crippen molar-refractivity contribution in [3.05, 3.63) is 23.9 Å². The molecule has 88 valence electrons. The van der Waals surface area contributed by atoms with Crippen molar-refractivity contribution in [1.82, 2.24) is 9.88 Å². The molecule has 0 spiro atoms. The first-order chi connectivity index (χ1) is 7.72. The number of pyridine rings is 1. The van der Waals surface area contributed by atoms with Gasteiger partial charge in [0.2, 0.25) is 0 Å². The number of aliphatic hydroxyl groups excluding tert-OH is 1. The topological polar surface area (TPSA) is 53.4 Å². The highest BCUT2D eigenvalue weighted by molar-refractivity contribution is 7.98. The number of aliphatic hydroxyl groups is 1. The fourth-order valence-electron chi connectivity index (χ4n) is 1.36. The Morgan fingerprint density at radius 3 is 2.94 bits per heavy atom. The smallest absolute Gasteiger partial charge is 0.254 e. The molecule has 0 saturated heterocycles. The summed E-state index contributed by atoms with van der Waals surface area (Å²) >= 11 is 1.50. The summed E-state index contributed by atoms with van der Waals surface area (Å²) in [7, 11) is 0. The molecule has 5 heteroatoms. The summed E-state index contributed by atoms with van der Waals surface area (Å²) in [5.41, 5.74) is 0.620. The van der Waals surface area contributed by atoms with E-state index < -0.39 is 0 Å². The molecule has 0 aliphatic rings. The third-order valence-corrected chi connectivity index (χ3v) is 2.87. The van der Waals surface area contributed by atoms with Crippen LogP contribution >= 0.6 is 11.8 Å². The largest absolute Gasteiger partial charge is 0.395 e. The number of nitrogens with zero attached hydrogens (tertiary/aromatic N) is 2. The molecule has 1 rings (SSSR count). The van der Waals surface area contributed by atoms with E-state index in [4.69, 9.17) is 5.11 Å². The van der Waals surface area contributed by atoms with E-state index >= 15 is 0 Å². The third-order valence-electron chi connectivity index (χ3n) is 2.23. The van der Waals surface area contributed by atoms with Gasteiger partial charge in [0.05, 0.1) is 11.6 Å².